The van der Waals surface area contributed by atoms with Crippen LogP contribution in [0.1, 0.15) is 50.2 Å². The average molecular weight is 681 g/mol. The summed E-state index contributed by atoms with van der Waals surface area (Å²) >= 11 is 0. The van der Waals surface area contributed by atoms with Gasteiger partial charge in [0, 0.05) is 36.6 Å². The molecule has 0 aromatic heterocycles. The van der Waals surface area contributed by atoms with E-state index in [1.54, 1.807) is 12.0 Å². The van der Waals surface area contributed by atoms with Crippen molar-refractivity contribution in [2.45, 2.75) is 75.4 Å². The molecule has 0 aliphatic carbocycles. The normalized spacial score (nSPS) is 26.6. The van der Waals surface area contributed by atoms with Crippen LogP contribution >= 0.6 is 0 Å². The van der Waals surface area contributed by atoms with Crippen LogP contribution in [-0.4, -0.2) is 73.9 Å². The first-order chi connectivity index (χ1) is 23.6. The third-order valence-corrected chi connectivity index (χ3v) is 15.6. The van der Waals surface area contributed by atoms with Crippen LogP contribution in [-0.2, 0) is 24.7 Å². The van der Waals surface area contributed by atoms with Gasteiger partial charge < -0.3 is 24.8 Å². The molecule has 0 unspecified atom stereocenters. The maximum Gasteiger partial charge on any atom is 0.261 e. The minimum Gasteiger partial charge on any atom is -0.497 e. The number of likely N-dealkylation sites (tertiary alicyclic amines) is 1. The molecular weight excluding hydrogens is 637 g/mol. The number of hydrazone groups is 1. The summed E-state index contributed by atoms with van der Waals surface area (Å²) in [5.41, 5.74) is 2.14. The molecule has 0 radical (unpaired) electrons. The summed E-state index contributed by atoms with van der Waals surface area (Å²) in [6.45, 7) is 7.15. The first-order valence-corrected chi connectivity index (χ1v) is 20.3. The Balaban J connectivity index is 1.29. The molecule has 0 saturated carbocycles. The van der Waals surface area contributed by atoms with Gasteiger partial charge in [0.1, 0.15) is 5.75 Å². The van der Waals surface area contributed by atoms with Crippen LogP contribution in [0.15, 0.2) is 77.9 Å². The van der Waals surface area contributed by atoms with Crippen molar-refractivity contribution < 1.29 is 29.0 Å². The summed E-state index contributed by atoms with van der Waals surface area (Å²) in [4.78, 5) is 43.3. The van der Waals surface area contributed by atoms with Gasteiger partial charge in [-0.05, 0) is 54.3 Å². The topological polar surface area (TPSA) is 121 Å². The lowest BCUT2D eigenvalue weighted by Gasteiger charge is -2.37. The smallest absolute Gasteiger partial charge is 0.261 e. The molecule has 11 heteroatoms. The summed E-state index contributed by atoms with van der Waals surface area (Å²) in [7, 11) is -0.812. The zero-order chi connectivity index (χ0) is 34.5. The summed E-state index contributed by atoms with van der Waals surface area (Å²) in [6.07, 6.45) is 2.04. The molecule has 4 aliphatic rings. The van der Waals surface area contributed by atoms with Gasteiger partial charge in [0.05, 0.1) is 51.8 Å². The van der Waals surface area contributed by atoms with Gasteiger partial charge in [-0.25, -0.2) is 5.01 Å². The van der Waals surface area contributed by atoms with E-state index in [0.717, 1.165) is 29.9 Å². The Labute approximate surface area is 288 Å². The Morgan fingerprint density at radius 2 is 1.84 bits per heavy atom. The van der Waals surface area contributed by atoms with Crippen LogP contribution in [0.2, 0.25) is 18.6 Å². The molecular formula is C38H44N4O6Si. The number of fused-ring (bicyclic) bond motifs is 2. The summed E-state index contributed by atoms with van der Waals surface area (Å²) in [5, 5.41) is 20.5. The number of rotatable bonds is 8. The predicted molar refractivity (Wildman–Crippen MR) is 191 cm³/mol. The zero-order valence-electron chi connectivity index (χ0n) is 28.5. The number of benzene rings is 3. The maximum absolute atomic E-state index is 14.3. The molecule has 1 spiro atoms. The highest BCUT2D eigenvalue weighted by atomic mass is 28.3. The number of nitrogens with one attached hydrogen (secondary N) is 1. The van der Waals surface area contributed by atoms with Gasteiger partial charge >= 0.3 is 0 Å². The highest BCUT2D eigenvalue weighted by Gasteiger charge is 2.65. The molecule has 3 aromatic carbocycles. The Morgan fingerprint density at radius 3 is 2.55 bits per heavy atom. The van der Waals surface area contributed by atoms with Crippen molar-refractivity contribution >= 4 is 48.1 Å². The molecule has 0 bridgehead atoms. The molecule has 10 nitrogen and oxygen atoms in total. The third-order valence-electron chi connectivity index (χ3n) is 11.2. The van der Waals surface area contributed by atoms with E-state index in [9.17, 15) is 19.5 Å². The van der Waals surface area contributed by atoms with E-state index < -0.39 is 19.8 Å². The standard InChI is InChI=1S/C38H44N4O6Si/c1-24-36(49(3,4)29-15-13-28(47-2)14-16-29)33(22-35(45)41-20-8-11-27(41)23-43)48-38(24)30-21-26(12-17-32(30)39-37(38)46)42-34(44)19-18-31(40-42)25-9-6-5-7-10-25/h5-7,9-10,12-17,21,24,27,33,36,43H,8,11,18-20,22-23H2,1-4H3,(H,39,46)/t24-,27-,33+,36-,38+/m0/s1. The number of hydrogen-bond acceptors (Lipinski definition) is 7. The Kier molecular flexibility index (Phi) is 8.70. The molecule has 2 fully saturated rings. The van der Waals surface area contributed by atoms with Crippen molar-refractivity contribution in [2.24, 2.45) is 11.0 Å². The van der Waals surface area contributed by atoms with E-state index >= 15 is 0 Å². The van der Waals surface area contributed by atoms with Gasteiger partial charge in [0.25, 0.3) is 5.91 Å². The van der Waals surface area contributed by atoms with Crippen molar-refractivity contribution in [2.75, 3.05) is 30.6 Å². The van der Waals surface area contributed by atoms with Gasteiger partial charge in [0.2, 0.25) is 11.8 Å². The number of aliphatic hydroxyl groups is 1. The summed E-state index contributed by atoms with van der Waals surface area (Å²) < 4.78 is 12.5. The first-order valence-electron chi connectivity index (χ1n) is 17.2. The molecule has 3 amide bonds. The fourth-order valence-corrected chi connectivity index (χ4v) is 12.7. The number of methoxy groups -OCH3 is 1. The van der Waals surface area contributed by atoms with E-state index in [1.807, 2.05) is 60.7 Å². The minimum atomic E-state index is -2.45. The van der Waals surface area contributed by atoms with Gasteiger partial charge in [0.15, 0.2) is 5.60 Å². The van der Waals surface area contributed by atoms with Gasteiger partial charge in [-0.2, -0.15) is 5.10 Å². The quantitative estimate of drug-likeness (QED) is 0.331. The molecule has 2 saturated heterocycles. The highest BCUT2D eigenvalue weighted by Crippen LogP contribution is 2.59. The van der Waals surface area contributed by atoms with Crippen LogP contribution < -0.4 is 20.2 Å². The minimum absolute atomic E-state index is 0.0654. The largest absolute Gasteiger partial charge is 0.497 e. The van der Waals surface area contributed by atoms with Gasteiger partial charge in [-0.15, -0.1) is 0 Å². The number of amides is 3. The monoisotopic (exact) mass is 680 g/mol. The third kappa shape index (κ3) is 5.57. The van der Waals surface area contributed by atoms with Crippen molar-refractivity contribution in [3.63, 3.8) is 0 Å². The van der Waals surface area contributed by atoms with Crippen molar-refractivity contribution in [3.8, 4) is 5.75 Å². The van der Waals surface area contributed by atoms with Crippen molar-refractivity contribution in [1.29, 1.82) is 0 Å². The fourth-order valence-electron chi connectivity index (χ4n) is 8.69. The lowest BCUT2D eigenvalue weighted by atomic mass is 9.82. The van der Waals surface area contributed by atoms with E-state index in [4.69, 9.17) is 14.6 Å². The Hall–Kier alpha value is -4.32. The average Bonchev–Trinajstić information content (AvgIpc) is 3.79. The molecule has 2 N–H and O–H groups in total. The van der Waals surface area contributed by atoms with E-state index in [-0.39, 0.29) is 48.3 Å². The summed E-state index contributed by atoms with van der Waals surface area (Å²) in [5.74, 6) is 0.00502. The molecule has 5 atom stereocenters. The zero-order valence-corrected chi connectivity index (χ0v) is 29.5. The fraction of sp³-hybridized carbons (Fsp3) is 0.421. The first kappa shape index (κ1) is 33.2. The number of aliphatic hydroxyl groups excluding tert-OH is 1. The van der Waals surface area contributed by atoms with Crippen LogP contribution in [0.25, 0.3) is 0 Å². The molecule has 256 valence electrons. The Morgan fingerprint density at radius 1 is 1.08 bits per heavy atom. The van der Waals surface area contributed by atoms with Crippen LogP contribution in [0.3, 0.4) is 0 Å². The van der Waals surface area contributed by atoms with Crippen LogP contribution in [0.4, 0.5) is 11.4 Å². The second kappa shape index (κ2) is 12.9. The van der Waals surface area contributed by atoms with Crippen LogP contribution in [0.5, 0.6) is 5.75 Å². The van der Waals surface area contributed by atoms with E-state index in [0.29, 0.717) is 36.3 Å². The molecule has 3 aromatic rings. The number of carbonyl (C=O) groups excluding carboxylic acids is 3. The van der Waals surface area contributed by atoms with Crippen LogP contribution in [0, 0.1) is 5.92 Å². The van der Waals surface area contributed by atoms with Gasteiger partial charge in [-0.3, -0.25) is 14.4 Å². The number of ether oxygens (including phenoxy) is 2. The number of nitrogens with zero attached hydrogens (tertiary/aromatic N) is 3. The second-order valence-corrected chi connectivity index (χ2v) is 18.9. The molecule has 4 aliphatic heterocycles. The highest BCUT2D eigenvalue weighted by molar-refractivity contribution is 6.91. The van der Waals surface area contributed by atoms with Gasteiger partial charge in [-0.1, -0.05) is 67.7 Å². The second-order valence-electron chi connectivity index (χ2n) is 14.2. The maximum atomic E-state index is 14.3. The van der Waals surface area contributed by atoms with E-state index in [2.05, 4.69) is 37.5 Å². The predicted octanol–water partition coefficient (Wildman–Crippen LogP) is 4.77. The number of hydrogen-bond donors (Lipinski definition) is 2. The number of carbonyl (C=O) groups is 3. The molecule has 7 rings (SSSR count). The lowest BCUT2D eigenvalue weighted by Crippen LogP contribution is -2.52. The SMILES string of the molecule is COc1ccc([Si](C)(C)[C@@H]2[C@@H](CC(=O)N3CCC[C@H]3CO)O[C@]3(C(=O)Nc4ccc(N5N=C(c6ccccc6)CCC5=O)cc43)[C@H]2C)cc1. The summed E-state index contributed by atoms with van der Waals surface area (Å²) in [6, 6.07) is 23.2. The Bertz CT molecular complexity index is 1800. The molecule has 49 heavy (non-hydrogen) atoms. The van der Waals surface area contributed by atoms with Crippen molar-refractivity contribution in [3.05, 3.63) is 83.9 Å². The van der Waals surface area contributed by atoms with Crippen molar-refractivity contribution in [1.82, 2.24) is 4.90 Å². The molecule has 4 heterocycles. The lowest BCUT2D eigenvalue weighted by molar-refractivity contribution is -0.148. The number of anilines is 2. The van der Waals surface area contributed by atoms with E-state index in [1.165, 1.54) is 10.2 Å².